The molecule has 9 nitrogen and oxygen atoms in total. The molecule has 0 aliphatic carbocycles. The van der Waals surface area contributed by atoms with Gasteiger partial charge in [-0.05, 0) is 5.92 Å². The van der Waals surface area contributed by atoms with E-state index in [9.17, 15) is 19.2 Å². The quantitative estimate of drug-likeness (QED) is 0.575. The smallest absolute Gasteiger partial charge is 0.326 e. The summed E-state index contributed by atoms with van der Waals surface area (Å²) in [5.41, 5.74) is 0. The highest BCUT2D eigenvalue weighted by atomic mass is 16.5. The third kappa shape index (κ3) is 4.33. The predicted molar refractivity (Wildman–Crippen MR) is 68.5 cm³/mol. The zero-order valence-electron chi connectivity index (χ0n) is 11.7. The van der Waals surface area contributed by atoms with Crippen molar-refractivity contribution >= 4 is 23.9 Å². The van der Waals surface area contributed by atoms with Gasteiger partial charge in [0, 0.05) is 13.1 Å². The number of rotatable bonds is 5. The number of amides is 2. The maximum Gasteiger partial charge on any atom is 0.326 e. The summed E-state index contributed by atoms with van der Waals surface area (Å²) in [5, 5.41) is 19.6. The average Bonchev–Trinajstić information content (AvgIpc) is 2.78. The number of ether oxygens (including phenoxy) is 1. The Bertz CT molecular complexity index is 451. The van der Waals surface area contributed by atoms with E-state index in [1.54, 1.807) is 6.92 Å². The Kier molecular flexibility index (Phi) is 5.51. The number of nitrogens with one attached hydrogen (secondary N) is 1. The lowest BCUT2D eigenvalue weighted by molar-refractivity contribution is -0.146. The lowest BCUT2D eigenvalue weighted by Gasteiger charge is -2.20. The van der Waals surface area contributed by atoms with E-state index in [4.69, 9.17) is 10.2 Å². The first-order chi connectivity index (χ1) is 9.76. The molecule has 1 aliphatic heterocycles. The van der Waals surface area contributed by atoms with Crippen LogP contribution in [0, 0.1) is 11.8 Å². The molecule has 21 heavy (non-hydrogen) atoms. The van der Waals surface area contributed by atoms with E-state index in [-0.39, 0.29) is 19.0 Å². The highest BCUT2D eigenvalue weighted by molar-refractivity contribution is 5.86. The first-order valence-electron chi connectivity index (χ1n) is 6.34. The van der Waals surface area contributed by atoms with Crippen molar-refractivity contribution in [3.8, 4) is 0 Å². The number of nitrogens with zero attached hydrogens (tertiary/aromatic N) is 1. The number of carbonyl (C=O) groups is 4. The number of carboxylic acid groups (broad SMARTS) is 2. The van der Waals surface area contributed by atoms with Gasteiger partial charge in [0.15, 0.2) is 0 Å². The summed E-state index contributed by atoms with van der Waals surface area (Å²) in [6, 6.07) is -2.22. The molecular formula is C12H18N2O7. The molecule has 0 bridgehead atoms. The molecule has 0 aromatic rings. The Morgan fingerprint density at radius 2 is 1.90 bits per heavy atom. The minimum atomic E-state index is -1.51. The molecule has 9 heteroatoms. The number of hydrogen-bond acceptors (Lipinski definition) is 5. The molecular weight excluding hydrogens is 284 g/mol. The Labute approximate surface area is 120 Å². The van der Waals surface area contributed by atoms with Gasteiger partial charge in [-0.2, -0.15) is 0 Å². The zero-order valence-corrected chi connectivity index (χ0v) is 11.7. The van der Waals surface area contributed by atoms with Crippen molar-refractivity contribution in [1.82, 2.24) is 10.2 Å². The van der Waals surface area contributed by atoms with Gasteiger partial charge < -0.3 is 25.2 Å². The van der Waals surface area contributed by atoms with Crippen LogP contribution < -0.4 is 5.32 Å². The molecule has 0 radical (unpaired) electrons. The normalized spacial score (nSPS) is 22.5. The molecule has 0 spiro atoms. The molecule has 0 aromatic carbocycles. The van der Waals surface area contributed by atoms with Crippen LogP contribution >= 0.6 is 0 Å². The summed E-state index contributed by atoms with van der Waals surface area (Å²) in [4.78, 5) is 46.2. The Hall–Kier alpha value is -2.32. The van der Waals surface area contributed by atoms with Gasteiger partial charge in [0.25, 0.3) is 0 Å². The molecule has 3 N–H and O–H groups in total. The third-order valence-corrected chi connectivity index (χ3v) is 3.38. The zero-order chi connectivity index (χ0) is 16.2. The van der Waals surface area contributed by atoms with Crippen LogP contribution in [-0.2, 0) is 19.1 Å². The van der Waals surface area contributed by atoms with Crippen LogP contribution in [0.3, 0.4) is 0 Å². The fraction of sp³-hybridized carbons (Fsp3) is 0.667. The van der Waals surface area contributed by atoms with Crippen LogP contribution in [0.25, 0.3) is 0 Å². The largest absolute Gasteiger partial charge is 0.481 e. The van der Waals surface area contributed by atoms with Crippen LogP contribution in [0.4, 0.5) is 4.79 Å². The van der Waals surface area contributed by atoms with E-state index >= 15 is 0 Å². The SMILES string of the molecule is COC(=O)C1CN(C(=O)N[C@H](CC(=O)O)C(=O)O)CC1C. The van der Waals surface area contributed by atoms with Gasteiger partial charge in [-0.3, -0.25) is 9.59 Å². The Morgan fingerprint density at radius 3 is 2.38 bits per heavy atom. The number of urea groups is 1. The van der Waals surface area contributed by atoms with Crippen molar-refractivity contribution in [3.05, 3.63) is 0 Å². The maximum atomic E-state index is 12.0. The number of aliphatic carboxylic acids is 2. The molecule has 3 atom stereocenters. The van der Waals surface area contributed by atoms with Gasteiger partial charge in [0.05, 0.1) is 19.4 Å². The van der Waals surface area contributed by atoms with Crippen LogP contribution in [0.15, 0.2) is 0 Å². The number of carbonyl (C=O) groups excluding carboxylic acids is 2. The van der Waals surface area contributed by atoms with Gasteiger partial charge in [-0.15, -0.1) is 0 Å². The summed E-state index contributed by atoms with van der Waals surface area (Å²) < 4.78 is 4.64. The van der Waals surface area contributed by atoms with Gasteiger partial charge in [-0.1, -0.05) is 6.92 Å². The second kappa shape index (κ2) is 6.91. The van der Waals surface area contributed by atoms with Crippen LogP contribution in [-0.4, -0.2) is 65.3 Å². The fourth-order valence-electron chi connectivity index (χ4n) is 2.21. The summed E-state index contributed by atoms with van der Waals surface area (Å²) >= 11 is 0. The lowest BCUT2D eigenvalue weighted by atomic mass is 9.99. The van der Waals surface area contributed by atoms with Crippen molar-refractivity contribution in [2.45, 2.75) is 19.4 Å². The Morgan fingerprint density at radius 1 is 1.29 bits per heavy atom. The molecule has 0 saturated carbocycles. The highest BCUT2D eigenvalue weighted by Gasteiger charge is 2.38. The summed E-state index contributed by atoms with van der Waals surface area (Å²) in [6.45, 7) is 2.16. The van der Waals surface area contributed by atoms with Gasteiger partial charge in [0.2, 0.25) is 0 Å². The molecule has 1 aliphatic rings. The summed E-state index contributed by atoms with van der Waals surface area (Å²) in [6.07, 6.45) is -0.717. The molecule has 2 unspecified atom stereocenters. The summed E-state index contributed by atoms with van der Waals surface area (Å²) in [5.74, 6) is -3.78. The summed E-state index contributed by atoms with van der Waals surface area (Å²) in [7, 11) is 1.26. The van der Waals surface area contributed by atoms with Crippen molar-refractivity contribution in [2.75, 3.05) is 20.2 Å². The molecule has 2 amide bonds. The average molecular weight is 302 g/mol. The van der Waals surface area contributed by atoms with E-state index < -0.39 is 42.3 Å². The van der Waals surface area contributed by atoms with Crippen LogP contribution in [0.2, 0.25) is 0 Å². The van der Waals surface area contributed by atoms with E-state index in [1.165, 1.54) is 12.0 Å². The van der Waals surface area contributed by atoms with Crippen molar-refractivity contribution in [2.24, 2.45) is 11.8 Å². The standard InChI is InChI=1S/C12H18N2O7/c1-6-4-14(5-7(6)11(19)21-2)12(20)13-8(10(17)18)3-9(15)16/h6-8H,3-5H2,1-2H3,(H,13,20)(H,15,16)(H,17,18)/t6?,7?,8-/m1/s1. The van der Waals surface area contributed by atoms with Gasteiger partial charge in [0.1, 0.15) is 6.04 Å². The van der Waals surface area contributed by atoms with Gasteiger partial charge in [-0.25, -0.2) is 9.59 Å². The third-order valence-electron chi connectivity index (χ3n) is 3.38. The van der Waals surface area contributed by atoms with E-state index in [2.05, 4.69) is 10.1 Å². The predicted octanol–water partition coefficient (Wildman–Crippen LogP) is -0.635. The van der Waals surface area contributed by atoms with Gasteiger partial charge >= 0.3 is 23.9 Å². The van der Waals surface area contributed by atoms with Crippen LogP contribution in [0.5, 0.6) is 0 Å². The topological polar surface area (TPSA) is 133 Å². The Balaban J connectivity index is 2.65. The maximum absolute atomic E-state index is 12.0. The monoisotopic (exact) mass is 302 g/mol. The van der Waals surface area contributed by atoms with Crippen molar-refractivity contribution in [1.29, 1.82) is 0 Å². The molecule has 118 valence electrons. The minimum Gasteiger partial charge on any atom is -0.481 e. The van der Waals surface area contributed by atoms with E-state index in [1.807, 2.05) is 0 Å². The van der Waals surface area contributed by atoms with Crippen LogP contribution in [0.1, 0.15) is 13.3 Å². The van der Waals surface area contributed by atoms with Crippen molar-refractivity contribution < 1.29 is 34.1 Å². The van der Waals surface area contributed by atoms with E-state index in [0.717, 1.165) is 0 Å². The first kappa shape index (κ1) is 16.7. The molecule has 1 fully saturated rings. The first-order valence-corrected chi connectivity index (χ1v) is 6.34. The molecule has 1 rings (SSSR count). The molecule has 0 aromatic heterocycles. The van der Waals surface area contributed by atoms with Crippen molar-refractivity contribution in [3.63, 3.8) is 0 Å². The second-order valence-electron chi connectivity index (χ2n) is 4.95. The number of likely N-dealkylation sites (tertiary alicyclic amines) is 1. The number of esters is 1. The number of carboxylic acids is 2. The number of methoxy groups -OCH3 is 1. The molecule has 1 saturated heterocycles. The number of hydrogen-bond donors (Lipinski definition) is 3. The lowest BCUT2D eigenvalue weighted by Crippen LogP contribution is -2.48. The second-order valence-corrected chi connectivity index (χ2v) is 4.95. The fourth-order valence-corrected chi connectivity index (χ4v) is 2.21. The van der Waals surface area contributed by atoms with E-state index in [0.29, 0.717) is 0 Å². The highest BCUT2D eigenvalue weighted by Crippen LogP contribution is 2.24. The minimum absolute atomic E-state index is 0.110. The molecule has 1 heterocycles.